The quantitative estimate of drug-likeness (QED) is 0.621. The summed E-state index contributed by atoms with van der Waals surface area (Å²) in [5.74, 6) is 0. The first-order valence-corrected chi connectivity index (χ1v) is 3.20. The minimum Gasteiger partial charge on any atom is -0.298 e. The lowest BCUT2D eigenvalue weighted by Crippen LogP contribution is -2.02. The molecule has 0 fully saturated rings. The molecule has 1 rings (SSSR count). The summed E-state index contributed by atoms with van der Waals surface area (Å²) >= 11 is 2.11. The van der Waals surface area contributed by atoms with Gasteiger partial charge in [-0.25, -0.2) is 0 Å². The summed E-state index contributed by atoms with van der Waals surface area (Å²) in [5, 5.41) is 7.37. The molecule has 0 atom stereocenters. The topological polar surface area (TPSA) is 50.7 Å². The van der Waals surface area contributed by atoms with Crippen LogP contribution in [0.4, 0.5) is 0 Å². The normalized spacial score (nSPS) is 20.9. The largest absolute Gasteiger partial charge is 0.298 e. The number of allylic oxidation sites excluding steroid dienone is 1. The molecule has 1 heterocycles. The van der Waals surface area contributed by atoms with Crippen LogP contribution in [0.3, 0.4) is 0 Å². The number of halogens is 1. The smallest absolute Gasteiger partial charge is 0.207 e. The zero-order valence-corrected chi connectivity index (χ0v) is 6.51. The fourth-order valence-corrected chi connectivity index (χ4v) is 0.618. The van der Waals surface area contributed by atoms with Crippen LogP contribution in [0.2, 0.25) is 0 Å². The lowest BCUT2D eigenvalue weighted by molar-refractivity contribution is 1.02. The molecular formula is C4H5IN3. The highest BCUT2D eigenvalue weighted by atomic mass is 127. The monoisotopic (exact) mass is 222 g/mol. The Morgan fingerprint density at radius 2 is 2.12 bits per heavy atom. The Morgan fingerprint density at radius 1 is 1.50 bits per heavy atom. The predicted octanol–water partition coefficient (Wildman–Crippen LogP) is 1.57. The summed E-state index contributed by atoms with van der Waals surface area (Å²) in [6, 6.07) is 0. The zero-order chi connectivity index (χ0) is 6.15. The van der Waals surface area contributed by atoms with Crippen molar-refractivity contribution >= 4 is 22.6 Å². The van der Waals surface area contributed by atoms with Crippen molar-refractivity contribution in [2.75, 3.05) is 0 Å². The highest BCUT2D eigenvalue weighted by molar-refractivity contribution is 14.1. The minimum atomic E-state index is 0.531. The van der Waals surface area contributed by atoms with Crippen LogP contribution < -0.4 is 5.73 Å². The molecular weight excluding hydrogens is 217 g/mol. The lowest BCUT2D eigenvalue weighted by atomic mass is 10.4. The summed E-state index contributed by atoms with van der Waals surface area (Å²) in [6.07, 6.45) is 0.531. The standard InChI is InChI=1S/C4H5IN3/c1-2-3(5)4(6)8-7-2/h6H2,1H3. The van der Waals surface area contributed by atoms with E-state index in [-0.39, 0.29) is 0 Å². The maximum absolute atomic E-state index is 5.36. The van der Waals surface area contributed by atoms with E-state index in [1.165, 1.54) is 0 Å². The van der Waals surface area contributed by atoms with Gasteiger partial charge in [0.1, 0.15) is 0 Å². The Balaban J connectivity index is 2.85. The number of hydrogen-bond acceptors (Lipinski definition) is 3. The predicted molar refractivity (Wildman–Crippen MR) is 39.0 cm³/mol. The van der Waals surface area contributed by atoms with Gasteiger partial charge in [-0.3, -0.25) is 5.73 Å². The fourth-order valence-electron chi connectivity index (χ4n) is 0.402. The summed E-state index contributed by atoms with van der Waals surface area (Å²) in [5.41, 5.74) is 6.27. The third kappa shape index (κ3) is 0.899. The van der Waals surface area contributed by atoms with E-state index in [0.717, 1.165) is 9.28 Å². The van der Waals surface area contributed by atoms with Crippen LogP contribution >= 0.6 is 22.6 Å². The Morgan fingerprint density at radius 3 is 2.25 bits per heavy atom. The van der Waals surface area contributed by atoms with Gasteiger partial charge in [-0.1, -0.05) is 0 Å². The van der Waals surface area contributed by atoms with E-state index in [9.17, 15) is 0 Å². The molecule has 2 N–H and O–H groups in total. The molecule has 3 nitrogen and oxygen atoms in total. The van der Waals surface area contributed by atoms with E-state index in [4.69, 9.17) is 5.73 Å². The second-order valence-electron chi connectivity index (χ2n) is 1.48. The molecule has 0 aromatic heterocycles. The van der Waals surface area contributed by atoms with Crippen molar-refractivity contribution in [3.63, 3.8) is 0 Å². The number of nitrogens with zero attached hydrogens (tertiary/aromatic N) is 2. The van der Waals surface area contributed by atoms with Crippen LogP contribution in [-0.2, 0) is 0 Å². The van der Waals surface area contributed by atoms with Gasteiger partial charge < -0.3 is 0 Å². The first-order valence-electron chi connectivity index (χ1n) is 2.12. The summed E-state index contributed by atoms with van der Waals surface area (Å²) in [6.45, 7) is 1.88. The van der Waals surface area contributed by atoms with Gasteiger partial charge in [-0.05, 0) is 29.5 Å². The zero-order valence-electron chi connectivity index (χ0n) is 4.35. The summed E-state index contributed by atoms with van der Waals surface area (Å²) in [7, 11) is 0. The van der Waals surface area contributed by atoms with E-state index in [1.807, 2.05) is 6.92 Å². The molecule has 0 bridgehead atoms. The molecule has 0 saturated carbocycles. The van der Waals surface area contributed by atoms with E-state index in [1.54, 1.807) is 0 Å². The maximum atomic E-state index is 5.36. The number of azo groups is 1. The first kappa shape index (κ1) is 6.15. The van der Waals surface area contributed by atoms with Crippen molar-refractivity contribution in [2.45, 2.75) is 6.92 Å². The van der Waals surface area contributed by atoms with Crippen molar-refractivity contribution in [3.8, 4) is 0 Å². The summed E-state index contributed by atoms with van der Waals surface area (Å²) < 4.78 is 0.961. The van der Waals surface area contributed by atoms with Gasteiger partial charge in [-0.15, -0.1) is 0 Å². The maximum Gasteiger partial charge on any atom is 0.207 e. The van der Waals surface area contributed by atoms with Crippen LogP contribution in [-0.4, -0.2) is 0 Å². The molecule has 4 heteroatoms. The molecule has 1 aliphatic heterocycles. The molecule has 0 unspecified atom stereocenters. The Bertz CT molecular complexity index is 161. The second-order valence-corrected chi connectivity index (χ2v) is 2.56. The average molecular weight is 222 g/mol. The van der Waals surface area contributed by atoms with Gasteiger partial charge in [0.15, 0.2) is 0 Å². The van der Waals surface area contributed by atoms with Gasteiger partial charge in [0.2, 0.25) is 6.17 Å². The molecule has 1 aliphatic rings. The Hall–Kier alpha value is 0.0300. The van der Waals surface area contributed by atoms with Gasteiger partial charge in [0.25, 0.3) is 0 Å². The number of rotatable bonds is 0. The first-order chi connectivity index (χ1) is 3.72. The van der Waals surface area contributed by atoms with Crippen molar-refractivity contribution in [1.82, 2.24) is 0 Å². The van der Waals surface area contributed by atoms with Gasteiger partial charge in [-0.2, -0.15) is 10.2 Å². The van der Waals surface area contributed by atoms with E-state index >= 15 is 0 Å². The van der Waals surface area contributed by atoms with Crippen LogP contribution in [0.15, 0.2) is 19.5 Å². The highest BCUT2D eigenvalue weighted by Gasteiger charge is 2.14. The van der Waals surface area contributed by atoms with E-state index < -0.39 is 0 Å². The molecule has 43 valence electrons. The average Bonchev–Trinajstić information content (AvgIpc) is 1.98. The van der Waals surface area contributed by atoms with Gasteiger partial charge in [0, 0.05) is 0 Å². The Kier molecular flexibility index (Phi) is 1.62. The molecule has 1 radical (unpaired) electrons. The SMILES string of the molecule is CC1=C(I)[C](N)N=N1. The molecule has 0 saturated heterocycles. The molecule has 0 aromatic rings. The molecule has 0 aliphatic carbocycles. The van der Waals surface area contributed by atoms with Crippen molar-refractivity contribution in [3.05, 3.63) is 15.4 Å². The highest BCUT2D eigenvalue weighted by Crippen LogP contribution is 2.28. The van der Waals surface area contributed by atoms with Crippen LogP contribution in [0, 0.1) is 6.17 Å². The lowest BCUT2D eigenvalue weighted by Gasteiger charge is -1.91. The number of hydrogen-bond donors (Lipinski definition) is 1. The van der Waals surface area contributed by atoms with Gasteiger partial charge >= 0.3 is 0 Å². The molecule has 0 spiro atoms. The molecule has 8 heavy (non-hydrogen) atoms. The molecule has 0 amide bonds. The van der Waals surface area contributed by atoms with Crippen LogP contribution in [0.1, 0.15) is 6.92 Å². The molecule has 0 aromatic carbocycles. The van der Waals surface area contributed by atoms with E-state index in [2.05, 4.69) is 32.8 Å². The fraction of sp³-hybridized carbons (Fsp3) is 0.250. The number of nitrogens with two attached hydrogens (primary N) is 1. The van der Waals surface area contributed by atoms with Crippen molar-refractivity contribution in [1.29, 1.82) is 0 Å². The van der Waals surface area contributed by atoms with Crippen LogP contribution in [0.5, 0.6) is 0 Å². The van der Waals surface area contributed by atoms with Crippen molar-refractivity contribution < 1.29 is 0 Å². The van der Waals surface area contributed by atoms with Gasteiger partial charge in [0.05, 0.1) is 9.28 Å². The van der Waals surface area contributed by atoms with Crippen LogP contribution in [0.25, 0.3) is 0 Å². The third-order valence-electron chi connectivity index (χ3n) is 0.850. The summed E-state index contributed by atoms with van der Waals surface area (Å²) in [4.78, 5) is 0. The van der Waals surface area contributed by atoms with Crippen molar-refractivity contribution in [2.24, 2.45) is 16.0 Å². The minimum absolute atomic E-state index is 0.531. The Labute approximate surface area is 61.2 Å². The third-order valence-corrected chi connectivity index (χ3v) is 2.18. The van der Waals surface area contributed by atoms with E-state index in [0.29, 0.717) is 6.17 Å². The second kappa shape index (κ2) is 2.10.